The monoisotopic (exact) mass is 418 g/mol. The molecule has 3 saturated heterocycles. The highest BCUT2D eigenvalue weighted by molar-refractivity contribution is 5.02. The molecule has 1 saturated carbocycles. The van der Waals surface area contributed by atoms with E-state index in [1.54, 1.807) is 0 Å². The summed E-state index contributed by atoms with van der Waals surface area (Å²) < 4.78 is 0. The first-order valence-corrected chi connectivity index (χ1v) is 13.0. The highest BCUT2D eigenvalue weighted by Crippen LogP contribution is 2.51. The number of hydrogen-bond donors (Lipinski definition) is 0. The maximum atomic E-state index is 2.82. The lowest BCUT2D eigenvalue weighted by Crippen LogP contribution is -2.61. The number of hydrogen-bond acceptors (Lipinski definition) is 4. The molecule has 4 aliphatic rings. The van der Waals surface area contributed by atoms with Crippen LogP contribution in [0.2, 0.25) is 0 Å². The van der Waals surface area contributed by atoms with Gasteiger partial charge in [0, 0.05) is 49.8 Å². The van der Waals surface area contributed by atoms with E-state index in [-0.39, 0.29) is 0 Å². The summed E-state index contributed by atoms with van der Waals surface area (Å²) in [6, 6.07) is 0.889. The maximum Gasteiger partial charge on any atom is 0.0126 e. The summed E-state index contributed by atoms with van der Waals surface area (Å²) in [5, 5.41) is 0. The van der Waals surface area contributed by atoms with Crippen LogP contribution in [0.3, 0.4) is 0 Å². The molecule has 4 heteroatoms. The van der Waals surface area contributed by atoms with Crippen molar-refractivity contribution >= 4 is 0 Å². The second-order valence-electron chi connectivity index (χ2n) is 13.2. The highest BCUT2D eigenvalue weighted by Gasteiger charge is 2.48. The van der Waals surface area contributed by atoms with Crippen LogP contribution >= 0.6 is 0 Å². The molecular formula is C26H50N4. The van der Waals surface area contributed by atoms with E-state index in [9.17, 15) is 0 Å². The second-order valence-corrected chi connectivity index (χ2v) is 13.2. The van der Waals surface area contributed by atoms with Gasteiger partial charge in [-0.3, -0.25) is 14.7 Å². The summed E-state index contributed by atoms with van der Waals surface area (Å²) in [6.07, 6.45) is 8.71. The summed E-state index contributed by atoms with van der Waals surface area (Å²) in [5.41, 5.74) is 1.39. The third kappa shape index (κ3) is 5.24. The second kappa shape index (κ2) is 8.65. The summed E-state index contributed by atoms with van der Waals surface area (Å²) >= 11 is 0. The first-order chi connectivity index (χ1) is 14.0. The zero-order valence-electron chi connectivity index (χ0n) is 21.1. The summed E-state index contributed by atoms with van der Waals surface area (Å²) in [6.45, 7) is 26.0. The normalized spacial score (nSPS) is 29.4. The number of nitrogens with zero attached hydrogens (tertiary/aromatic N) is 4. The van der Waals surface area contributed by atoms with Gasteiger partial charge in [-0.15, -0.1) is 0 Å². The van der Waals surface area contributed by atoms with Gasteiger partial charge in [0.2, 0.25) is 0 Å². The van der Waals surface area contributed by atoms with Crippen LogP contribution in [0.1, 0.15) is 80.1 Å². The molecule has 0 radical (unpaired) electrons. The molecule has 0 unspecified atom stereocenters. The Bertz CT molecular complexity index is 543. The lowest BCUT2D eigenvalue weighted by molar-refractivity contribution is -0.0650. The standard InChI is InChI=1S/C26H50N4/c1-24(2,3)29-11-7-22(8-12-29)21-27-13-9-26(10-14-27)19-23(20-26)28-15-17-30(18-16-28)25(4,5)6/h22-23H,7-21H2,1-6H3. The van der Waals surface area contributed by atoms with Crippen molar-refractivity contribution in [1.82, 2.24) is 19.6 Å². The van der Waals surface area contributed by atoms with Gasteiger partial charge in [0.05, 0.1) is 0 Å². The molecule has 4 rings (SSSR count). The Morgan fingerprint density at radius 1 is 0.667 bits per heavy atom. The molecule has 0 aromatic carbocycles. The minimum absolute atomic E-state index is 0.336. The SMILES string of the molecule is CC(C)(C)N1CCC(CN2CCC3(CC2)CC(N2CCN(C(C)(C)C)CC2)C3)CC1. The Morgan fingerprint density at radius 3 is 1.67 bits per heavy atom. The summed E-state index contributed by atoms with van der Waals surface area (Å²) in [4.78, 5) is 11.0. The third-order valence-electron chi connectivity index (χ3n) is 9.11. The molecule has 1 spiro atoms. The quantitative estimate of drug-likeness (QED) is 0.682. The van der Waals surface area contributed by atoms with Crippen molar-refractivity contribution in [2.24, 2.45) is 11.3 Å². The molecule has 30 heavy (non-hydrogen) atoms. The highest BCUT2D eigenvalue weighted by atomic mass is 15.3. The molecule has 0 bridgehead atoms. The van der Waals surface area contributed by atoms with Crippen LogP contribution in [-0.4, -0.2) is 95.6 Å². The molecule has 174 valence electrons. The zero-order valence-corrected chi connectivity index (χ0v) is 21.1. The Balaban J connectivity index is 1.14. The number of likely N-dealkylation sites (tertiary alicyclic amines) is 2. The summed E-state index contributed by atoms with van der Waals surface area (Å²) in [5.74, 6) is 0.936. The van der Waals surface area contributed by atoms with Gasteiger partial charge in [-0.2, -0.15) is 0 Å². The van der Waals surface area contributed by atoms with Crippen LogP contribution in [0.4, 0.5) is 0 Å². The van der Waals surface area contributed by atoms with Crippen molar-refractivity contribution in [1.29, 1.82) is 0 Å². The van der Waals surface area contributed by atoms with E-state index >= 15 is 0 Å². The van der Waals surface area contributed by atoms with Crippen molar-refractivity contribution in [2.45, 2.75) is 97.2 Å². The molecule has 0 aromatic heterocycles. The smallest absolute Gasteiger partial charge is 0.0126 e. The average Bonchev–Trinajstić information content (AvgIpc) is 2.66. The predicted octanol–water partition coefficient (Wildman–Crippen LogP) is 4.16. The van der Waals surface area contributed by atoms with Crippen LogP contribution in [0.5, 0.6) is 0 Å². The molecule has 0 N–H and O–H groups in total. The van der Waals surface area contributed by atoms with Crippen LogP contribution < -0.4 is 0 Å². The fraction of sp³-hybridized carbons (Fsp3) is 1.00. The van der Waals surface area contributed by atoms with E-state index in [0.717, 1.165) is 12.0 Å². The third-order valence-corrected chi connectivity index (χ3v) is 9.11. The van der Waals surface area contributed by atoms with Crippen molar-refractivity contribution in [3.63, 3.8) is 0 Å². The van der Waals surface area contributed by atoms with Crippen LogP contribution in [0.25, 0.3) is 0 Å². The molecule has 4 fully saturated rings. The van der Waals surface area contributed by atoms with Gasteiger partial charge in [-0.05, 0) is 118 Å². The van der Waals surface area contributed by atoms with Crippen LogP contribution in [-0.2, 0) is 0 Å². The van der Waals surface area contributed by atoms with Gasteiger partial charge in [0.25, 0.3) is 0 Å². The van der Waals surface area contributed by atoms with Gasteiger partial charge in [0.15, 0.2) is 0 Å². The van der Waals surface area contributed by atoms with E-state index in [1.807, 2.05) is 0 Å². The fourth-order valence-corrected chi connectivity index (χ4v) is 6.73. The van der Waals surface area contributed by atoms with Crippen molar-refractivity contribution in [3.05, 3.63) is 0 Å². The Hall–Kier alpha value is -0.160. The minimum Gasteiger partial charge on any atom is -0.303 e. The molecule has 3 heterocycles. The molecule has 4 nitrogen and oxygen atoms in total. The van der Waals surface area contributed by atoms with Gasteiger partial charge >= 0.3 is 0 Å². The lowest BCUT2D eigenvalue weighted by Gasteiger charge is -2.57. The fourth-order valence-electron chi connectivity index (χ4n) is 6.73. The lowest BCUT2D eigenvalue weighted by atomic mass is 9.60. The Labute approximate surface area is 187 Å². The van der Waals surface area contributed by atoms with Crippen molar-refractivity contribution < 1.29 is 0 Å². The van der Waals surface area contributed by atoms with E-state index < -0.39 is 0 Å². The molecule has 1 aliphatic carbocycles. The number of piperidine rings is 2. The van der Waals surface area contributed by atoms with Gasteiger partial charge in [-0.25, -0.2) is 0 Å². The Morgan fingerprint density at radius 2 is 1.17 bits per heavy atom. The van der Waals surface area contributed by atoms with Gasteiger partial charge in [-0.1, -0.05) is 0 Å². The zero-order chi connectivity index (χ0) is 21.6. The Kier molecular flexibility index (Phi) is 6.63. The molecule has 0 atom stereocenters. The molecule has 0 amide bonds. The molecule has 0 aromatic rings. The largest absolute Gasteiger partial charge is 0.303 e. The van der Waals surface area contributed by atoms with Crippen LogP contribution in [0.15, 0.2) is 0 Å². The van der Waals surface area contributed by atoms with E-state index in [4.69, 9.17) is 0 Å². The van der Waals surface area contributed by atoms with E-state index in [2.05, 4.69) is 61.1 Å². The van der Waals surface area contributed by atoms with E-state index in [1.165, 1.54) is 97.4 Å². The van der Waals surface area contributed by atoms with Gasteiger partial charge in [0.1, 0.15) is 0 Å². The predicted molar refractivity (Wildman–Crippen MR) is 128 cm³/mol. The minimum atomic E-state index is 0.336. The number of piperazine rings is 1. The average molecular weight is 419 g/mol. The summed E-state index contributed by atoms with van der Waals surface area (Å²) in [7, 11) is 0. The van der Waals surface area contributed by atoms with E-state index in [0.29, 0.717) is 16.5 Å². The first kappa shape index (κ1) is 23.0. The van der Waals surface area contributed by atoms with Gasteiger partial charge < -0.3 is 4.90 Å². The molecule has 3 aliphatic heterocycles. The first-order valence-electron chi connectivity index (χ1n) is 13.0. The van der Waals surface area contributed by atoms with Crippen LogP contribution in [0, 0.1) is 11.3 Å². The van der Waals surface area contributed by atoms with Crippen molar-refractivity contribution in [2.75, 3.05) is 58.9 Å². The topological polar surface area (TPSA) is 13.0 Å². The van der Waals surface area contributed by atoms with Crippen molar-refractivity contribution in [3.8, 4) is 0 Å². The maximum absolute atomic E-state index is 2.82. The number of rotatable bonds is 3. The molecular weight excluding hydrogens is 368 g/mol.